The molecule has 7 nitrogen and oxygen atoms in total. The van der Waals surface area contributed by atoms with Crippen molar-refractivity contribution in [2.24, 2.45) is 22.7 Å². The lowest BCUT2D eigenvalue weighted by molar-refractivity contribution is -0.166. The molecular formula is C24H32O7. The van der Waals surface area contributed by atoms with Gasteiger partial charge in [0.25, 0.3) is 0 Å². The second-order valence-electron chi connectivity index (χ2n) is 10.2. The van der Waals surface area contributed by atoms with Gasteiger partial charge < -0.3 is 14.6 Å². The molecule has 1 fully saturated rings. The van der Waals surface area contributed by atoms with E-state index in [-0.39, 0.29) is 27.9 Å². The molecule has 1 N–H and O–H groups in total. The van der Waals surface area contributed by atoms with Gasteiger partial charge in [0, 0.05) is 36.3 Å². The van der Waals surface area contributed by atoms with Crippen molar-refractivity contribution in [2.75, 3.05) is 0 Å². The number of carbonyl (C=O) groups is 4. The third-order valence-electron chi connectivity index (χ3n) is 7.11. The number of hydrogen-bond acceptors (Lipinski definition) is 7. The van der Waals surface area contributed by atoms with E-state index in [4.69, 9.17) is 9.47 Å². The van der Waals surface area contributed by atoms with Crippen molar-refractivity contribution in [3.8, 4) is 0 Å². The van der Waals surface area contributed by atoms with Crippen molar-refractivity contribution >= 4 is 23.5 Å². The van der Waals surface area contributed by atoms with Gasteiger partial charge in [-0.1, -0.05) is 41.0 Å². The molecule has 0 aromatic rings. The predicted octanol–water partition coefficient (Wildman–Crippen LogP) is 3.05. The van der Waals surface area contributed by atoms with E-state index in [0.29, 0.717) is 6.42 Å². The van der Waals surface area contributed by atoms with E-state index in [0.717, 1.165) is 12.8 Å². The molecule has 0 aromatic heterocycles. The summed E-state index contributed by atoms with van der Waals surface area (Å²) >= 11 is 0. The van der Waals surface area contributed by atoms with E-state index < -0.39 is 53.0 Å². The molecule has 0 amide bonds. The molecule has 0 saturated heterocycles. The van der Waals surface area contributed by atoms with Gasteiger partial charge in [-0.3, -0.25) is 19.2 Å². The molecule has 4 atom stereocenters. The molecule has 7 heteroatoms. The molecule has 3 rings (SSSR count). The predicted molar refractivity (Wildman–Crippen MR) is 111 cm³/mol. The lowest BCUT2D eigenvalue weighted by Gasteiger charge is -2.58. The van der Waals surface area contributed by atoms with Crippen molar-refractivity contribution in [3.05, 3.63) is 22.5 Å². The van der Waals surface area contributed by atoms with Crippen molar-refractivity contribution in [3.63, 3.8) is 0 Å². The van der Waals surface area contributed by atoms with Crippen LogP contribution < -0.4 is 0 Å². The third kappa shape index (κ3) is 3.56. The van der Waals surface area contributed by atoms with Gasteiger partial charge in [0.1, 0.15) is 0 Å². The van der Waals surface area contributed by atoms with Crippen LogP contribution in [0.2, 0.25) is 0 Å². The topological polar surface area (TPSA) is 107 Å². The fraction of sp³-hybridized carbons (Fsp3) is 0.667. The lowest BCUT2D eigenvalue weighted by atomic mass is 9.47. The standard InChI is InChI=1S/C24H32O7/c1-11(2)14-17(27)15-16(18(28)20(14)30-12(3)25)24(7)10-8-9-23(5,6)22(24)19(29)21(15)31-13(4)26/h11,19,21-22,29H,8-10H2,1-7H3/t19-,21-,22+,24-/m1/s1. The Morgan fingerprint density at radius 3 is 2.16 bits per heavy atom. The van der Waals surface area contributed by atoms with Crippen LogP contribution >= 0.6 is 0 Å². The average molecular weight is 433 g/mol. The van der Waals surface area contributed by atoms with Gasteiger partial charge in [0.05, 0.1) is 11.7 Å². The number of ether oxygens (including phenoxy) is 2. The lowest BCUT2D eigenvalue weighted by Crippen LogP contribution is -2.60. The highest BCUT2D eigenvalue weighted by Gasteiger charge is 2.62. The Bertz CT molecular complexity index is 920. The molecule has 3 aliphatic carbocycles. The monoisotopic (exact) mass is 432 g/mol. The van der Waals surface area contributed by atoms with Gasteiger partial charge in [-0.05, 0) is 24.2 Å². The summed E-state index contributed by atoms with van der Waals surface area (Å²) in [6.07, 6.45) is -0.151. The Kier molecular flexibility index (Phi) is 5.80. The smallest absolute Gasteiger partial charge is 0.308 e. The van der Waals surface area contributed by atoms with Crippen molar-refractivity contribution in [1.82, 2.24) is 0 Å². The highest BCUT2D eigenvalue weighted by Crippen LogP contribution is 2.61. The average Bonchev–Trinajstić information content (AvgIpc) is 2.59. The SMILES string of the molecule is CC(=O)OC1=C(C(C)C)C(=O)C2=C(C1=O)[C@@]1(C)CCCC(C)(C)[C@@H]1[C@H](O)[C@@H]2OC(C)=O. The number of ketones is 2. The van der Waals surface area contributed by atoms with Crippen LogP contribution in [-0.2, 0) is 28.7 Å². The summed E-state index contributed by atoms with van der Waals surface area (Å²) < 4.78 is 10.8. The number of carbonyl (C=O) groups excluding carboxylic acids is 4. The number of hydrogen-bond donors (Lipinski definition) is 1. The van der Waals surface area contributed by atoms with Crippen LogP contribution in [0.5, 0.6) is 0 Å². The fourth-order valence-electron chi connectivity index (χ4n) is 6.19. The number of aliphatic hydroxyl groups is 1. The van der Waals surface area contributed by atoms with Gasteiger partial charge >= 0.3 is 11.9 Å². The van der Waals surface area contributed by atoms with Crippen LogP contribution in [0.3, 0.4) is 0 Å². The minimum Gasteiger partial charge on any atom is -0.455 e. The summed E-state index contributed by atoms with van der Waals surface area (Å²) in [4.78, 5) is 51.2. The quantitative estimate of drug-likeness (QED) is 0.539. The molecule has 0 aliphatic heterocycles. The molecule has 0 spiro atoms. The second-order valence-corrected chi connectivity index (χ2v) is 10.2. The molecule has 0 bridgehead atoms. The first-order valence-corrected chi connectivity index (χ1v) is 10.9. The van der Waals surface area contributed by atoms with E-state index in [1.54, 1.807) is 13.8 Å². The molecule has 0 radical (unpaired) electrons. The number of rotatable bonds is 3. The summed E-state index contributed by atoms with van der Waals surface area (Å²) in [7, 11) is 0. The number of esters is 2. The van der Waals surface area contributed by atoms with Gasteiger partial charge in [0.2, 0.25) is 5.78 Å². The first-order chi connectivity index (χ1) is 14.2. The van der Waals surface area contributed by atoms with Gasteiger partial charge in [-0.2, -0.15) is 0 Å². The Hall–Kier alpha value is -2.28. The molecule has 3 aliphatic rings. The Balaban J connectivity index is 2.33. The van der Waals surface area contributed by atoms with E-state index in [1.807, 2.05) is 20.8 Å². The van der Waals surface area contributed by atoms with E-state index in [2.05, 4.69) is 0 Å². The van der Waals surface area contributed by atoms with Crippen molar-refractivity contribution < 1.29 is 33.8 Å². The van der Waals surface area contributed by atoms with E-state index in [1.165, 1.54) is 13.8 Å². The van der Waals surface area contributed by atoms with Crippen LogP contribution in [0, 0.1) is 22.7 Å². The van der Waals surface area contributed by atoms with Crippen LogP contribution in [0.15, 0.2) is 22.5 Å². The third-order valence-corrected chi connectivity index (χ3v) is 7.11. The molecule has 170 valence electrons. The van der Waals surface area contributed by atoms with Crippen LogP contribution in [0.4, 0.5) is 0 Å². The fourth-order valence-corrected chi connectivity index (χ4v) is 6.19. The van der Waals surface area contributed by atoms with Crippen molar-refractivity contribution in [1.29, 1.82) is 0 Å². The zero-order valence-corrected chi connectivity index (χ0v) is 19.3. The summed E-state index contributed by atoms with van der Waals surface area (Å²) in [5, 5.41) is 11.4. The minimum absolute atomic E-state index is 0.0313. The zero-order chi connectivity index (χ0) is 23.5. The zero-order valence-electron chi connectivity index (χ0n) is 19.3. The van der Waals surface area contributed by atoms with E-state index >= 15 is 0 Å². The van der Waals surface area contributed by atoms with Gasteiger partial charge in [-0.25, -0.2) is 0 Å². The number of fused-ring (bicyclic) bond motifs is 2. The van der Waals surface area contributed by atoms with Crippen molar-refractivity contribution in [2.45, 2.75) is 79.9 Å². The normalized spacial score (nSPS) is 32.6. The van der Waals surface area contributed by atoms with Gasteiger partial charge in [-0.15, -0.1) is 0 Å². The largest absolute Gasteiger partial charge is 0.455 e. The Labute approximate surface area is 182 Å². The maximum atomic E-state index is 13.8. The molecule has 0 unspecified atom stereocenters. The molecule has 0 aromatic carbocycles. The van der Waals surface area contributed by atoms with Crippen LogP contribution in [-0.4, -0.2) is 40.8 Å². The second kappa shape index (κ2) is 7.69. The first kappa shape index (κ1) is 23.4. The molecule has 31 heavy (non-hydrogen) atoms. The summed E-state index contributed by atoms with van der Waals surface area (Å²) in [5.74, 6) is -3.44. The Morgan fingerprint density at radius 2 is 1.65 bits per heavy atom. The Morgan fingerprint density at radius 1 is 1.03 bits per heavy atom. The van der Waals surface area contributed by atoms with Crippen LogP contribution in [0.1, 0.15) is 67.7 Å². The number of Topliss-reactive ketones (excluding diaryl/α,β-unsaturated/α-hetero) is 2. The first-order valence-electron chi connectivity index (χ1n) is 10.9. The molecular weight excluding hydrogens is 400 g/mol. The number of aliphatic hydroxyl groups excluding tert-OH is 1. The van der Waals surface area contributed by atoms with E-state index in [9.17, 15) is 24.3 Å². The van der Waals surface area contributed by atoms with Crippen LogP contribution in [0.25, 0.3) is 0 Å². The maximum absolute atomic E-state index is 13.8. The highest BCUT2D eigenvalue weighted by molar-refractivity contribution is 6.26. The minimum atomic E-state index is -1.24. The summed E-state index contributed by atoms with van der Waals surface area (Å²) in [6.45, 7) is 11.8. The molecule has 0 heterocycles. The highest BCUT2D eigenvalue weighted by atomic mass is 16.6. The number of allylic oxidation sites excluding steroid dienone is 2. The summed E-state index contributed by atoms with van der Waals surface area (Å²) in [6, 6.07) is 0. The van der Waals surface area contributed by atoms with Gasteiger partial charge in [0.15, 0.2) is 17.6 Å². The maximum Gasteiger partial charge on any atom is 0.308 e. The molecule has 1 saturated carbocycles. The summed E-state index contributed by atoms with van der Waals surface area (Å²) in [5.41, 5.74) is -0.874.